The summed E-state index contributed by atoms with van der Waals surface area (Å²) in [5.41, 5.74) is 0.459. The van der Waals surface area contributed by atoms with Gasteiger partial charge >= 0.3 is 11.7 Å². The van der Waals surface area contributed by atoms with Crippen LogP contribution in [-0.2, 0) is 0 Å². The first kappa shape index (κ1) is 7.60. The highest BCUT2D eigenvalue weighted by atomic mass is 16.4. The number of oxazole rings is 1. The van der Waals surface area contributed by atoms with Crippen LogP contribution < -0.4 is 5.76 Å². The first-order valence-corrected chi connectivity index (χ1v) is 3.53. The summed E-state index contributed by atoms with van der Waals surface area (Å²) in [6.45, 7) is 0. The van der Waals surface area contributed by atoms with Crippen molar-refractivity contribution in [2.24, 2.45) is 0 Å². The molecule has 0 amide bonds. The van der Waals surface area contributed by atoms with Gasteiger partial charge in [0.05, 0.1) is 5.52 Å². The summed E-state index contributed by atoms with van der Waals surface area (Å²) in [6, 6.07) is 4.49. The van der Waals surface area contributed by atoms with Crippen LogP contribution in [0.5, 0.6) is 0 Å². The molecule has 1 heterocycles. The average molecular weight is 179 g/mol. The molecular formula is C8H5NO4. The predicted molar refractivity (Wildman–Crippen MR) is 43.8 cm³/mol. The Bertz CT molecular complexity index is 522. The Labute approximate surface area is 71.6 Å². The Morgan fingerprint density at radius 2 is 2.23 bits per heavy atom. The monoisotopic (exact) mass is 179 g/mol. The maximum atomic E-state index is 10.7. The van der Waals surface area contributed by atoms with Crippen molar-refractivity contribution in [1.82, 2.24) is 4.98 Å². The molecule has 0 fully saturated rings. The first-order chi connectivity index (χ1) is 6.18. The Balaban J connectivity index is 2.90. The molecule has 5 heteroatoms. The lowest BCUT2D eigenvalue weighted by Gasteiger charge is -1.92. The standard InChI is InChI=1S/C8H5NO4/c10-7(11)4-2-1-3-5-6(4)13-8(12)9-5/h1-3H,(H,9,12)(H,10,11). The first-order valence-electron chi connectivity index (χ1n) is 3.53. The Morgan fingerprint density at radius 3 is 2.92 bits per heavy atom. The van der Waals surface area contributed by atoms with E-state index in [1.54, 1.807) is 6.07 Å². The number of para-hydroxylation sites is 1. The van der Waals surface area contributed by atoms with E-state index in [2.05, 4.69) is 9.40 Å². The van der Waals surface area contributed by atoms with Crippen molar-refractivity contribution in [2.45, 2.75) is 0 Å². The van der Waals surface area contributed by atoms with Crippen molar-refractivity contribution in [3.05, 3.63) is 34.3 Å². The van der Waals surface area contributed by atoms with Crippen LogP contribution in [0, 0.1) is 0 Å². The largest absolute Gasteiger partial charge is 0.478 e. The van der Waals surface area contributed by atoms with Crippen LogP contribution in [-0.4, -0.2) is 16.1 Å². The molecule has 0 radical (unpaired) electrons. The summed E-state index contributed by atoms with van der Waals surface area (Å²) < 4.78 is 4.67. The number of hydrogen-bond acceptors (Lipinski definition) is 3. The topological polar surface area (TPSA) is 83.3 Å². The molecule has 2 N–H and O–H groups in total. The van der Waals surface area contributed by atoms with Gasteiger partial charge in [-0.15, -0.1) is 0 Å². The molecule has 5 nitrogen and oxygen atoms in total. The molecule has 0 saturated heterocycles. The zero-order valence-electron chi connectivity index (χ0n) is 6.40. The lowest BCUT2D eigenvalue weighted by Crippen LogP contribution is -1.95. The molecule has 0 aliphatic rings. The van der Waals surface area contributed by atoms with E-state index in [-0.39, 0.29) is 11.1 Å². The Hall–Kier alpha value is -2.04. The van der Waals surface area contributed by atoms with Crippen molar-refractivity contribution in [1.29, 1.82) is 0 Å². The fourth-order valence-corrected chi connectivity index (χ4v) is 1.14. The number of fused-ring (bicyclic) bond motifs is 1. The zero-order chi connectivity index (χ0) is 9.42. The minimum absolute atomic E-state index is 0.0177. The normalized spacial score (nSPS) is 10.5. The van der Waals surface area contributed by atoms with E-state index in [9.17, 15) is 9.59 Å². The van der Waals surface area contributed by atoms with Crippen molar-refractivity contribution in [3.63, 3.8) is 0 Å². The van der Waals surface area contributed by atoms with Gasteiger partial charge in [-0.1, -0.05) is 6.07 Å². The number of carboxylic acids is 1. The highest BCUT2D eigenvalue weighted by Gasteiger charge is 2.11. The van der Waals surface area contributed by atoms with Crippen LogP contribution in [0.1, 0.15) is 10.4 Å². The van der Waals surface area contributed by atoms with E-state index in [0.717, 1.165) is 0 Å². The molecule has 0 bridgehead atoms. The van der Waals surface area contributed by atoms with Crippen LogP contribution in [0.15, 0.2) is 27.4 Å². The highest BCUT2D eigenvalue weighted by molar-refractivity contribution is 5.99. The van der Waals surface area contributed by atoms with Gasteiger partial charge in [0.15, 0.2) is 5.58 Å². The average Bonchev–Trinajstić information content (AvgIpc) is 2.43. The Kier molecular flexibility index (Phi) is 1.45. The minimum atomic E-state index is -1.12. The van der Waals surface area contributed by atoms with Gasteiger partial charge in [-0.25, -0.2) is 9.59 Å². The number of hydrogen-bond donors (Lipinski definition) is 2. The van der Waals surface area contributed by atoms with Gasteiger partial charge < -0.3 is 9.52 Å². The van der Waals surface area contributed by atoms with Gasteiger partial charge in [0.2, 0.25) is 0 Å². The van der Waals surface area contributed by atoms with Crippen LogP contribution in [0.2, 0.25) is 0 Å². The molecule has 0 atom stereocenters. The number of carbonyl (C=O) groups is 1. The predicted octanol–water partition coefficient (Wildman–Crippen LogP) is 0.819. The van der Waals surface area contributed by atoms with Gasteiger partial charge in [0, 0.05) is 0 Å². The number of aromatic amines is 1. The van der Waals surface area contributed by atoms with Crippen LogP contribution in [0.25, 0.3) is 11.1 Å². The van der Waals surface area contributed by atoms with Gasteiger partial charge in [0.1, 0.15) is 5.56 Å². The molecule has 0 unspecified atom stereocenters. The number of H-pyrrole nitrogens is 1. The fourth-order valence-electron chi connectivity index (χ4n) is 1.14. The summed E-state index contributed by atoms with van der Waals surface area (Å²) in [5.74, 6) is -1.77. The molecule has 1 aromatic carbocycles. The van der Waals surface area contributed by atoms with Crippen molar-refractivity contribution >= 4 is 17.1 Å². The third-order valence-electron chi connectivity index (χ3n) is 1.68. The summed E-state index contributed by atoms with van der Waals surface area (Å²) in [4.78, 5) is 23.8. The fraction of sp³-hybridized carbons (Fsp3) is 0. The van der Waals surface area contributed by atoms with E-state index < -0.39 is 11.7 Å². The van der Waals surface area contributed by atoms with E-state index in [0.29, 0.717) is 5.52 Å². The minimum Gasteiger partial charge on any atom is -0.478 e. The second-order valence-corrected chi connectivity index (χ2v) is 2.50. The van der Waals surface area contributed by atoms with E-state index >= 15 is 0 Å². The summed E-state index contributed by atoms with van der Waals surface area (Å²) in [5, 5.41) is 8.72. The van der Waals surface area contributed by atoms with Gasteiger partial charge in [-0.3, -0.25) is 4.98 Å². The van der Waals surface area contributed by atoms with Crippen molar-refractivity contribution < 1.29 is 14.3 Å². The zero-order valence-corrected chi connectivity index (χ0v) is 6.40. The molecule has 2 rings (SSSR count). The number of aromatic carboxylic acids is 1. The maximum absolute atomic E-state index is 10.7. The molecule has 0 saturated carbocycles. The quantitative estimate of drug-likeness (QED) is 0.678. The van der Waals surface area contributed by atoms with Gasteiger partial charge in [-0.05, 0) is 12.1 Å². The molecule has 1 aromatic heterocycles. The van der Waals surface area contributed by atoms with Crippen molar-refractivity contribution in [3.8, 4) is 0 Å². The van der Waals surface area contributed by atoms with Crippen molar-refractivity contribution in [2.75, 3.05) is 0 Å². The Morgan fingerprint density at radius 1 is 1.46 bits per heavy atom. The number of rotatable bonds is 1. The summed E-state index contributed by atoms with van der Waals surface area (Å²) >= 11 is 0. The highest BCUT2D eigenvalue weighted by Crippen LogP contribution is 2.14. The van der Waals surface area contributed by atoms with E-state index in [4.69, 9.17) is 5.11 Å². The van der Waals surface area contributed by atoms with E-state index in [1.165, 1.54) is 12.1 Å². The number of aromatic nitrogens is 1. The summed E-state index contributed by atoms with van der Waals surface area (Å²) in [6.07, 6.45) is 0. The van der Waals surface area contributed by atoms with Crippen LogP contribution >= 0.6 is 0 Å². The summed E-state index contributed by atoms with van der Waals surface area (Å²) in [7, 11) is 0. The smallest absolute Gasteiger partial charge is 0.417 e. The lowest BCUT2D eigenvalue weighted by atomic mass is 10.2. The molecule has 13 heavy (non-hydrogen) atoms. The SMILES string of the molecule is O=C(O)c1cccc2[nH]c(=O)oc12. The van der Waals surface area contributed by atoms with E-state index in [1.807, 2.05) is 0 Å². The van der Waals surface area contributed by atoms with Gasteiger partial charge in [-0.2, -0.15) is 0 Å². The van der Waals surface area contributed by atoms with Crippen LogP contribution in [0.3, 0.4) is 0 Å². The number of benzene rings is 1. The second-order valence-electron chi connectivity index (χ2n) is 2.50. The molecule has 0 spiro atoms. The third-order valence-corrected chi connectivity index (χ3v) is 1.68. The number of nitrogens with one attached hydrogen (secondary N) is 1. The maximum Gasteiger partial charge on any atom is 0.417 e. The van der Waals surface area contributed by atoms with Gasteiger partial charge in [0.25, 0.3) is 0 Å². The molecule has 0 aliphatic heterocycles. The third kappa shape index (κ3) is 1.10. The molecule has 66 valence electrons. The number of carboxylic acid groups (broad SMARTS) is 1. The van der Waals surface area contributed by atoms with Crippen LogP contribution in [0.4, 0.5) is 0 Å². The molecule has 2 aromatic rings. The lowest BCUT2D eigenvalue weighted by molar-refractivity contribution is 0.0698. The second kappa shape index (κ2) is 2.48. The molecular weight excluding hydrogens is 174 g/mol. The molecule has 0 aliphatic carbocycles.